The molecule has 0 saturated carbocycles. The van der Waals surface area contributed by atoms with Crippen molar-refractivity contribution in [1.29, 1.82) is 0 Å². The number of nitro benzene ring substituents is 1. The van der Waals surface area contributed by atoms with Crippen molar-refractivity contribution in [1.82, 2.24) is 0 Å². The van der Waals surface area contributed by atoms with Gasteiger partial charge in [-0.15, -0.1) is 0 Å². The summed E-state index contributed by atoms with van der Waals surface area (Å²) in [4.78, 5) is 21.6. The number of methoxy groups -OCH3 is 1. The average molecular weight is 209 g/mol. The summed E-state index contributed by atoms with van der Waals surface area (Å²) in [6.45, 7) is 2.87. The van der Waals surface area contributed by atoms with Crippen molar-refractivity contribution in [2.75, 3.05) is 7.11 Å². The Morgan fingerprint density at radius 1 is 1.47 bits per heavy atom. The molecule has 5 heteroatoms. The standard InChI is InChI=1S/C10H11NO4/c1-6-4-5-8(15-3)9(7(2)12)10(6)11(13)14/h4-5H,1-3H3. The van der Waals surface area contributed by atoms with E-state index in [2.05, 4.69) is 0 Å². The van der Waals surface area contributed by atoms with Crippen LogP contribution in [0, 0.1) is 17.0 Å². The molecule has 0 bridgehead atoms. The molecule has 0 atom stereocenters. The Morgan fingerprint density at radius 2 is 2.07 bits per heavy atom. The van der Waals surface area contributed by atoms with Crippen LogP contribution in [0.4, 0.5) is 5.69 Å². The highest BCUT2D eigenvalue weighted by atomic mass is 16.6. The number of aryl methyl sites for hydroxylation is 1. The van der Waals surface area contributed by atoms with Gasteiger partial charge in [0.25, 0.3) is 5.69 Å². The molecule has 1 aromatic rings. The smallest absolute Gasteiger partial charge is 0.286 e. The Bertz CT molecular complexity index is 426. The fraction of sp³-hybridized carbons (Fsp3) is 0.300. The maximum absolute atomic E-state index is 11.3. The lowest BCUT2D eigenvalue weighted by molar-refractivity contribution is -0.385. The number of Topliss-reactive ketones (excluding diaryl/α,β-unsaturated/α-hetero) is 1. The molecule has 0 fully saturated rings. The minimum atomic E-state index is -0.561. The van der Waals surface area contributed by atoms with Crippen molar-refractivity contribution in [2.24, 2.45) is 0 Å². The molecule has 0 aliphatic rings. The van der Waals surface area contributed by atoms with Gasteiger partial charge < -0.3 is 4.74 Å². The fourth-order valence-corrected chi connectivity index (χ4v) is 1.42. The summed E-state index contributed by atoms with van der Waals surface area (Å²) in [6.07, 6.45) is 0. The SMILES string of the molecule is COc1ccc(C)c([N+](=O)[O-])c1C(C)=O. The molecule has 0 aliphatic carbocycles. The Hall–Kier alpha value is -1.91. The van der Waals surface area contributed by atoms with E-state index in [-0.39, 0.29) is 22.8 Å². The van der Waals surface area contributed by atoms with Crippen LogP contribution in [-0.2, 0) is 0 Å². The molecule has 0 unspecified atom stereocenters. The van der Waals surface area contributed by atoms with Gasteiger partial charge in [0.1, 0.15) is 11.3 Å². The number of carbonyl (C=O) groups excluding carboxylic acids is 1. The maximum atomic E-state index is 11.3. The second kappa shape index (κ2) is 4.08. The summed E-state index contributed by atoms with van der Waals surface area (Å²) in [7, 11) is 1.38. The summed E-state index contributed by atoms with van der Waals surface area (Å²) >= 11 is 0. The zero-order valence-electron chi connectivity index (χ0n) is 8.73. The van der Waals surface area contributed by atoms with Gasteiger partial charge in [-0.25, -0.2) is 0 Å². The Labute approximate surface area is 86.8 Å². The number of hydrogen-bond donors (Lipinski definition) is 0. The van der Waals surface area contributed by atoms with Crippen molar-refractivity contribution in [3.63, 3.8) is 0 Å². The largest absolute Gasteiger partial charge is 0.496 e. The summed E-state index contributed by atoms with van der Waals surface area (Å²) in [5.74, 6) is -0.137. The quantitative estimate of drug-likeness (QED) is 0.434. The van der Waals surface area contributed by atoms with E-state index in [0.29, 0.717) is 5.56 Å². The molecule has 1 rings (SSSR count). The van der Waals surface area contributed by atoms with Crippen LogP contribution in [0.1, 0.15) is 22.8 Å². The van der Waals surface area contributed by atoms with Gasteiger partial charge in [0, 0.05) is 5.56 Å². The average Bonchev–Trinajstić information content (AvgIpc) is 2.16. The van der Waals surface area contributed by atoms with Crippen LogP contribution in [0.3, 0.4) is 0 Å². The predicted octanol–water partition coefficient (Wildman–Crippen LogP) is 2.11. The zero-order chi connectivity index (χ0) is 11.6. The second-order valence-corrected chi connectivity index (χ2v) is 3.12. The van der Waals surface area contributed by atoms with Crippen LogP contribution in [0.5, 0.6) is 5.75 Å². The summed E-state index contributed by atoms with van der Waals surface area (Å²) in [5.41, 5.74) is 0.301. The highest BCUT2D eigenvalue weighted by Crippen LogP contribution is 2.31. The van der Waals surface area contributed by atoms with Crippen molar-refractivity contribution in [3.05, 3.63) is 33.4 Å². The number of carbonyl (C=O) groups is 1. The number of nitro groups is 1. The number of hydrogen-bond acceptors (Lipinski definition) is 4. The molecule has 0 aliphatic heterocycles. The Kier molecular flexibility index (Phi) is 3.04. The van der Waals surface area contributed by atoms with Crippen LogP contribution >= 0.6 is 0 Å². The van der Waals surface area contributed by atoms with Gasteiger partial charge in [-0.2, -0.15) is 0 Å². The van der Waals surface area contributed by atoms with Gasteiger partial charge in [0.15, 0.2) is 5.78 Å². The minimum Gasteiger partial charge on any atom is -0.496 e. The maximum Gasteiger partial charge on any atom is 0.286 e. The highest BCUT2D eigenvalue weighted by Gasteiger charge is 2.24. The van der Waals surface area contributed by atoms with E-state index in [1.54, 1.807) is 19.1 Å². The van der Waals surface area contributed by atoms with Crippen LogP contribution < -0.4 is 4.74 Å². The molecule has 0 heterocycles. The molecule has 1 aromatic carbocycles. The lowest BCUT2D eigenvalue weighted by Gasteiger charge is -2.07. The topological polar surface area (TPSA) is 69.4 Å². The van der Waals surface area contributed by atoms with Crippen LogP contribution in [-0.4, -0.2) is 17.8 Å². The molecule has 0 N–H and O–H groups in total. The number of ether oxygens (including phenoxy) is 1. The van der Waals surface area contributed by atoms with Gasteiger partial charge in [-0.3, -0.25) is 14.9 Å². The zero-order valence-corrected chi connectivity index (χ0v) is 8.73. The molecule has 15 heavy (non-hydrogen) atoms. The second-order valence-electron chi connectivity index (χ2n) is 3.12. The predicted molar refractivity (Wildman–Crippen MR) is 54.4 cm³/mol. The minimum absolute atomic E-state index is 0.0301. The monoisotopic (exact) mass is 209 g/mol. The van der Waals surface area contributed by atoms with Crippen molar-refractivity contribution in [3.8, 4) is 5.75 Å². The Morgan fingerprint density at radius 3 is 2.47 bits per heavy atom. The van der Waals surface area contributed by atoms with E-state index >= 15 is 0 Å². The first-order valence-corrected chi connectivity index (χ1v) is 4.32. The summed E-state index contributed by atoms with van der Waals surface area (Å²) in [5, 5.41) is 10.8. The van der Waals surface area contributed by atoms with E-state index in [4.69, 9.17) is 4.74 Å². The van der Waals surface area contributed by atoms with Crippen molar-refractivity contribution < 1.29 is 14.5 Å². The van der Waals surface area contributed by atoms with E-state index in [1.165, 1.54) is 14.0 Å². The number of benzene rings is 1. The van der Waals surface area contributed by atoms with E-state index in [0.717, 1.165) is 0 Å². The highest BCUT2D eigenvalue weighted by molar-refractivity contribution is 6.01. The lowest BCUT2D eigenvalue weighted by Crippen LogP contribution is -2.05. The van der Waals surface area contributed by atoms with Crippen molar-refractivity contribution in [2.45, 2.75) is 13.8 Å². The van der Waals surface area contributed by atoms with Crippen LogP contribution in [0.2, 0.25) is 0 Å². The fourth-order valence-electron chi connectivity index (χ4n) is 1.42. The van der Waals surface area contributed by atoms with Gasteiger partial charge in [0.05, 0.1) is 12.0 Å². The molecular formula is C10H11NO4. The van der Waals surface area contributed by atoms with Crippen LogP contribution in [0.25, 0.3) is 0 Å². The lowest BCUT2D eigenvalue weighted by atomic mass is 10.0. The molecule has 0 spiro atoms. The third-order valence-corrected chi connectivity index (χ3v) is 2.10. The van der Waals surface area contributed by atoms with Gasteiger partial charge in [0.2, 0.25) is 0 Å². The van der Waals surface area contributed by atoms with E-state index in [9.17, 15) is 14.9 Å². The van der Waals surface area contributed by atoms with E-state index in [1.807, 2.05) is 0 Å². The van der Waals surface area contributed by atoms with E-state index < -0.39 is 4.92 Å². The number of ketones is 1. The van der Waals surface area contributed by atoms with Crippen LogP contribution in [0.15, 0.2) is 12.1 Å². The summed E-state index contributed by atoms with van der Waals surface area (Å²) < 4.78 is 4.93. The first-order chi connectivity index (χ1) is 6.99. The molecule has 0 amide bonds. The molecular weight excluding hydrogens is 198 g/mol. The molecule has 0 saturated heterocycles. The van der Waals surface area contributed by atoms with Gasteiger partial charge >= 0.3 is 0 Å². The van der Waals surface area contributed by atoms with Gasteiger partial charge in [-0.1, -0.05) is 0 Å². The third-order valence-electron chi connectivity index (χ3n) is 2.10. The molecule has 5 nitrogen and oxygen atoms in total. The summed E-state index contributed by atoms with van der Waals surface area (Å²) in [6, 6.07) is 3.11. The number of rotatable bonds is 3. The first kappa shape index (κ1) is 11.2. The normalized spacial score (nSPS) is 9.80. The van der Waals surface area contributed by atoms with Crippen molar-refractivity contribution >= 4 is 11.5 Å². The number of nitrogens with zero attached hydrogens (tertiary/aromatic N) is 1. The molecule has 0 radical (unpaired) electrons. The molecule has 0 aromatic heterocycles. The van der Waals surface area contributed by atoms with Gasteiger partial charge in [-0.05, 0) is 26.0 Å². The first-order valence-electron chi connectivity index (χ1n) is 4.32. The molecule has 80 valence electrons. The third kappa shape index (κ3) is 1.96. The Balaban J connectivity index is 3.58.